The first-order valence-electron chi connectivity index (χ1n) is 21.6. The summed E-state index contributed by atoms with van der Waals surface area (Å²) in [5.41, 5.74) is 13.7. The maximum absolute atomic E-state index is 14.3. The number of carbonyl (C=O) groups is 7. The molecule has 0 saturated heterocycles. The maximum atomic E-state index is 14.3. The predicted octanol–water partition coefficient (Wildman–Crippen LogP) is -2.35. The SMILES string of the molecule is NC(=O)C1CCCCn2cc(nn2)CC(N)C(=O)CC(Cc2ccc(O)cc2)C(=O)NC(CO)C(=O)NC(Cc2ccc(O)cc2)C(=O)NC(Cc2ccc(O)cc2)C(=O)NC(CO)C(=O)N1. The number of hydrogen-bond donors (Lipinski definition) is 12. The summed E-state index contributed by atoms with van der Waals surface area (Å²) in [5, 5.41) is 71.0. The van der Waals surface area contributed by atoms with Gasteiger partial charge >= 0.3 is 0 Å². The standard InChI is InChI=1S/C45H56N10O12/c46-33-21-29-22-55(54-53-29)16-2-1-3-34(40(47)62)48-44(66)38(24-57)52-43(65)36(19-27-8-14-32(60)15-9-27)49-42(64)35(18-26-6-12-31(59)13-7-26)50-45(67)37(23-56)51-41(63)28(20-39(33)61)17-25-4-10-30(58)11-5-25/h4-15,22,28,33-38,56-60H,1-3,16-21,23-24,46H2,(H2,47,62)(H,48,66)(H,49,64)(H,50,67)(H,51,63)(H,52,65). The van der Waals surface area contributed by atoms with Crippen molar-refractivity contribution in [2.24, 2.45) is 17.4 Å². The number of amides is 6. The lowest BCUT2D eigenvalue weighted by atomic mass is 9.90. The van der Waals surface area contributed by atoms with Crippen LogP contribution in [0.2, 0.25) is 0 Å². The van der Waals surface area contributed by atoms with Crippen molar-refractivity contribution in [3.63, 3.8) is 0 Å². The number of ketones is 1. The molecule has 6 amide bonds. The highest BCUT2D eigenvalue weighted by Crippen LogP contribution is 2.19. The number of carbonyl (C=O) groups excluding carboxylic acids is 7. The van der Waals surface area contributed by atoms with Crippen LogP contribution in [0.25, 0.3) is 0 Å². The van der Waals surface area contributed by atoms with Crippen LogP contribution in [0.4, 0.5) is 0 Å². The fourth-order valence-electron chi connectivity index (χ4n) is 7.28. The number of Topliss-reactive ketones (excluding diaryl/α,β-unsaturated/α-hetero) is 1. The molecule has 7 unspecified atom stereocenters. The number of phenolic OH excluding ortho intramolecular Hbond substituents is 3. The minimum atomic E-state index is -1.68. The van der Waals surface area contributed by atoms with E-state index in [0.29, 0.717) is 41.8 Å². The third kappa shape index (κ3) is 15.3. The number of aliphatic hydroxyl groups excluding tert-OH is 2. The highest BCUT2D eigenvalue weighted by Gasteiger charge is 2.34. The van der Waals surface area contributed by atoms with Crippen LogP contribution in [0.15, 0.2) is 79.0 Å². The monoisotopic (exact) mass is 928 g/mol. The normalized spacial score (nSPS) is 23.4. The van der Waals surface area contributed by atoms with E-state index >= 15 is 0 Å². The molecule has 1 aromatic heterocycles. The highest BCUT2D eigenvalue weighted by atomic mass is 16.3. The van der Waals surface area contributed by atoms with Gasteiger partial charge in [-0.3, -0.25) is 38.2 Å². The molecule has 2 bridgehead atoms. The van der Waals surface area contributed by atoms with Crippen molar-refractivity contribution < 1.29 is 59.1 Å². The van der Waals surface area contributed by atoms with Gasteiger partial charge in [0.2, 0.25) is 35.4 Å². The Kier molecular flexibility index (Phi) is 18.3. The van der Waals surface area contributed by atoms with Crippen molar-refractivity contribution in [1.82, 2.24) is 41.6 Å². The summed E-state index contributed by atoms with van der Waals surface area (Å²) in [6.07, 6.45) is 1.42. The minimum absolute atomic E-state index is 0.0406. The molecule has 22 nitrogen and oxygen atoms in total. The molecule has 4 aromatic rings. The van der Waals surface area contributed by atoms with Crippen molar-refractivity contribution in [3.05, 3.63) is 101 Å². The number of fused-ring (bicyclic) bond motifs is 2. The molecule has 1 aliphatic heterocycles. The first kappa shape index (κ1) is 50.6. The van der Waals surface area contributed by atoms with E-state index in [-0.39, 0.29) is 49.4 Å². The van der Waals surface area contributed by atoms with E-state index in [9.17, 15) is 59.1 Å². The second-order valence-corrected chi connectivity index (χ2v) is 16.3. The van der Waals surface area contributed by atoms with Gasteiger partial charge in [-0.2, -0.15) is 0 Å². The van der Waals surface area contributed by atoms with Crippen LogP contribution >= 0.6 is 0 Å². The van der Waals surface area contributed by atoms with Crippen LogP contribution < -0.4 is 38.1 Å². The fraction of sp³-hybridized carbons (Fsp3) is 0.400. The average molecular weight is 929 g/mol. The number of aryl methyl sites for hydroxylation is 1. The Hall–Kier alpha value is -7.43. The van der Waals surface area contributed by atoms with Gasteiger partial charge in [0.25, 0.3) is 0 Å². The number of phenols is 3. The van der Waals surface area contributed by atoms with E-state index in [0.717, 1.165) is 0 Å². The Morgan fingerprint density at radius 1 is 0.597 bits per heavy atom. The van der Waals surface area contributed by atoms with Crippen molar-refractivity contribution >= 4 is 41.2 Å². The number of rotatable bonds is 9. The van der Waals surface area contributed by atoms with E-state index < -0.39 is 103 Å². The van der Waals surface area contributed by atoms with Crippen molar-refractivity contribution in [2.45, 2.75) is 94.2 Å². The summed E-state index contributed by atoms with van der Waals surface area (Å²) in [5.74, 6) is -7.54. The molecule has 3 aromatic carbocycles. The Morgan fingerprint density at radius 2 is 1.03 bits per heavy atom. The zero-order valence-electron chi connectivity index (χ0n) is 36.4. The number of aromatic hydroxyl groups is 3. The van der Waals surface area contributed by atoms with Gasteiger partial charge in [-0.15, -0.1) is 5.10 Å². The number of nitrogens with zero attached hydrogens (tertiary/aromatic N) is 3. The first-order chi connectivity index (χ1) is 32.0. The Bertz CT molecular complexity index is 2340. The van der Waals surface area contributed by atoms with Crippen molar-refractivity contribution in [1.29, 1.82) is 0 Å². The van der Waals surface area contributed by atoms with Crippen LogP contribution in [0.5, 0.6) is 17.2 Å². The average Bonchev–Trinajstić information content (AvgIpc) is 3.75. The van der Waals surface area contributed by atoms with Gasteiger partial charge in [0.15, 0.2) is 5.78 Å². The van der Waals surface area contributed by atoms with Crippen LogP contribution in [0, 0.1) is 5.92 Å². The first-order valence-corrected chi connectivity index (χ1v) is 21.6. The number of primary amides is 1. The number of hydrogen-bond acceptors (Lipinski definition) is 15. The van der Waals surface area contributed by atoms with Crippen molar-refractivity contribution in [2.75, 3.05) is 13.2 Å². The van der Waals surface area contributed by atoms with Gasteiger partial charge in [0.05, 0.1) is 24.9 Å². The largest absolute Gasteiger partial charge is 0.508 e. The molecule has 1 aliphatic rings. The smallest absolute Gasteiger partial charge is 0.245 e. The molecule has 22 heteroatoms. The summed E-state index contributed by atoms with van der Waals surface area (Å²) in [7, 11) is 0. The number of benzene rings is 3. The third-order valence-electron chi connectivity index (χ3n) is 11.1. The van der Waals surface area contributed by atoms with E-state index in [2.05, 4.69) is 36.9 Å². The summed E-state index contributed by atoms with van der Waals surface area (Å²) in [6.45, 7) is -1.59. The molecule has 0 saturated carbocycles. The van der Waals surface area contributed by atoms with E-state index in [1.165, 1.54) is 65.3 Å². The number of aromatic nitrogens is 3. The van der Waals surface area contributed by atoms with Gasteiger partial charge in [-0.25, -0.2) is 0 Å². The summed E-state index contributed by atoms with van der Waals surface area (Å²) in [4.78, 5) is 95.8. The van der Waals surface area contributed by atoms with E-state index in [4.69, 9.17) is 11.5 Å². The Labute approximate surface area is 384 Å². The molecule has 5 rings (SSSR count). The predicted molar refractivity (Wildman–Crippen MR) is 237 cm³/mol. The molecular weight excluding hydrogens is 873 g/mol. The fourth-order valence-corrected chi connectivity index (χ4v) is 7.28. The highest BCUT2D eigenvalue weighted by molar-refractivity contribution is 5.97. The minimum Gasteiger partial charge on any atom is -0.508 e. The molecule has 0 spiro atoms. The maximum Gasteiger partial charge on any atom is 0.245 e. The topological polar surface area (TPSA) is 364 Å². The quantitative estimate of drug-likeness (QED) is 0.0836. The Morgan fingerprint density at radius 3 is 1.51 bits per heavy atom. The van der Waals surface area contributed by atoms with E-state index in [1.54, 1.807) is 18.3 Å². The molecule has 2 heterocycles. The van der Waals surface area contributed by atoms with Crippen molar-refractivity contribution in [3.8, 4) is 17.2 Å². The molecule has 7 atom stereocenters. The summed E-state index contributed by atoms with van der Waals surface area (Å²) < 4.78 is 1.50. The van der Waals surface area contributed by atoms with Crippen LogP contribution in [0.3, 0.4) is 0 Å². The van der Waals surface area contributed by atoms with Gasteiger partial charge in [-0.1, -0.05) is 41.6 Å². The molecule has 0 radical (unpaired) electrons. The zero-order chi connectivity index (χ0) is 48.6. The Balaban J connectivity index is 1.49. The summed E-state index contributed by atoms with van der Waals surface area (Å²) >= 11 is 0. The van der Waals surface area contributed by atoms with Crippen LogP contribution in [0.1, 0.15) is 48.1 Å². The lowest BCUT2D eigenvalue weighted by molar-refractivity contribution is -0.136. The summed E-state index contributed by atoms with van der Waals surface area (Å²) in [6, 6.07) is 8.43. The lowest BCUT2D eigenvalue weighted by Gasteiger charge is -2.27. The van der Waals surface area contributed by atoms with Gasteiger partial charge in [0, 0.05) is 44.3 Å². The zero-order valence-corrected chi connectivity index (χ0v) is 36.4. The second kappa shape index (κ2) is 24.2. The number of aliphatic hydroxyl groups is 2. The number of nitrogens with two attached hydrogens (primary N) is 2. The number of nitrogens with one attached hydrogen (secondary N) is 5. The van der Waals surface area contributed by atoms with Gasteiger partial charge < -0.3 is 63.6 Å². The van der Waals surface area contributed by atoms with Crippen LogP contribution in [-0.4, -0.2) is 131 Å². The van der Waals surface area contributed by atoms with Crippen LogP contribution in [-0.2, 0) is 65.8 Å². The third-order valence-corrected chi connectivity index (χ3v) is 11.1. The molecule has 14 N–H and O–H groups in total. The van der Waals surface area contributed by atoms with E-state index in [1.807, 2.05) is 0 Å². The molecule has 0 fully saturated rings. The second-order valence-electron chi connectivity index (χ2n) is 16.3. The van der Waals surface area contributed by atoms with Gasteiger partial charge in [0.1, 0.15) is 47.5 Å². The molecular formula is C45H56N10O12. The molecule has 67 heavy (non-hydrogen) atoms. The molecule has 0 aliphatic carbocycles. The molecule has 358 valence electrons. The van der Waals surface area contributed by atoms with Gasteiger partial charge in [-0.05, 0) is 78.8 Å². The lowest BCUT2D eigenvalue weighted by Crippen LogP contribution is -2.60.